The molecule has 0 aliphatic rings. The number of methoxy groups -OCH3 is 1. The summed E-state index contributed by atoms with van der Waals surface area (Å²) in [6, 6.07) is 16.2. The van der Waals surface area contributed by atoms with E-state index < -0.39 is 11.9 Å². The number of carbonyl (C=O) groups is 2. The third kappa shape index (κ3) is 3.47. The Bertz CT molecular complexity index is 883. The molecule has 25 heavy (non-hydrogen) atoms. The molecule has 3 rings (SSSR count). The zero-order valence-corrected chi connectivity index (χ0v) is 13.9. The number of rotatable bonds is 5. The van der Waals surface area contributed by atoms with Gasteiger partial charge in [-0.25, -0.2) is 4.79 Å². The number of para-hydroxylation sites is 2. The average Bonchev–Trinajstić information content (AvgIpc) is 3.09. The van der Waals surface area contributed by atoms with Crippen LogP contribution in [0.5, 0.6) is 0 Å². The third-order valence-corrected chi connectivity index (χ3v) is 3.92. The van der Waals surface area contributed by atoms with E-state index in [0.29, 0.717) is 17.0 Å². The average molecular weight is 338 g/mol. The first-order chi connectivity index (χ1) is 12.1. The van der Waals surface area contributed by atoms with Gasteiger partial charge in [-0.3, -0.25) is 15.6 Å². The number of carbonyl (C=O) groups excluding carboxylic acids is 2. The predicted octanol–water partition coefficient (Wildman–Crippen LogP) is 3.47. The van der Waals surface area contributed by atoms with Gasteiger partial charge in [-0.05, 0) is 31.2 Å². The summed E-state index contributed by atoms with van der Waals surface area (Å²) < 4.78 is 10.4. The number of hydrogen-bond donors (Lipinski definition) is 2. The van der Waals surface area contributed by atoms with E-state index in [2.05, 4.69) is 10.9 Å². The molecule has 1 heterocycles. The number of hydrogen-bond acceptors (Lipinski definition) is 5. The normalized spacial score (nSPS) is 11.8. The summed E-state index contributed by atoms with van der Waals surface area (Å²) in [5.41, 5.74) is 6.90. The van der Waals surface area contributed by atoms with E-state index in [1.807, 2.05) is 30.3 Å². The van der Waals surface area contributed by atoms with Crippen LogP contribution in [0.2, 0.25) is 0 Å². The zero-order chi connectivity index (χ0) is 17.8. The Morgan fingerprint density at radius 1 is 1.08 bits per heavy atom. The van der Waals surface area contributed by atoms with E-state index in [4.69, 9.17) is 9.15 Å². The highest BCUT2D eigenvalue weighted by Gasteiger charge is 2.20. The maximum Gasteiger partial charge on any atom is 0.340 e. The van der Waals surface area contributed by atoms with Crippen molar-refractivity contribution in [3.8, 4) is 0 Å². The summed E-state index contributed by atoms with van der Waals surface area (Å²) in [5.74, 6) is -0.687. The van der Waals surface area contributed by atoms with Crippen LogP contribution in [-0.2, 0) is 9.53 Å². The summed E-state index contributed by atoms with van der Waals surface area (Å²) in [6.45, 7) is 1.75. The molecule has 1 aromatic heterocycles. The van der Waals surface area contributed by atoms with Crippen molar-refractivity contribution >= 4 is 28.5 Å². The summed E-state index contributed by atoms with van der Waals surface area (Å²) >= 11 is 0. The van der Waals surface area contributed by atoms with Gasteiger partial charge in [-0.15, -0.1) is 0 Å². The van der Waals surface area contributed by atoms with E-state index in [0.717, 1.165) is 11.0 Å². The largest absolute Gasteiger partial charge is 0.465 e. The molecule has 0 fully saturated rings. The van der Waals surface area contributed by atoms with Gasteiger partial charge in [0.15, 0.2) is 0 Å². The molecule has 128 valence electrons. The Balaban J connectivity index is 1.71. The predicted molar refractivity (Wildman–Crippen MR) is 94.2 cm³/mol. The molecular weight excluding hydrogens is 320 g/mol. The molecule has 0 aliphatic carbocycles. The van der Waals surface area contributed by atoms with Gasteiger partial charge >= 0.3 is 5.97 Å². The first-order valence-corrected chi connectivity index (χ1v) is 7.82. The molecule has 6 heteroatoms. The fourth-order valence-corrected chi connectivity index (χ4v) is 2.46. The molecule has 2 N–H and O–H groups in total. The van der Waals surface area contributed by atoms with E-state index in [9.17, 15) is 9.59 Å². The molecule has 0 unspecified atom stereocenters. The lowest BCUT2D eigenvalue weighted by molar-refractivity contribution is -0.122. The van der Waals surface area contributed by atoms with E-state index in [1.54, 1.807) is 31.2 Å². The van der Waals surface area contributed by atoms with E-state index in [1.165, 1.54) is 7.11 Å². The molecule has 1 amide bonds. The maximum atomic E-state index is 12.4. The van der Waals surface area contributed by atoms with Crippen molar-refractivity contribution in [3.63, 3.8) is 0 Å². The number of hydrazine groups is 1. The summed E-state index contributed by atoms with van der Waals surface area (Å²) in [7, 11) is 1.31. The smallest absolute Gasteiger partial charge is 0.340 e. The van der Waals surface area contributed by atoms with Crippen molar-refractivity contribution in [2.24, 2.45) is 0 Å². The fourth-order valence-electron chi connectivity index (χ4n) is 2.46. The number of nitrogens with one attached hydrogen (secondary N) is 2. The molecule has 2 aromatic carbocycles. The highest BCUT2D eigenvalue weighted by atomic mass is 16.5. The minimum absolute atomic E-state index is 0.279. The molecule has 1 atom stereocenters. The van der Waals surface area contributed by atoms with Gasteiger partial charge in [0.1, 0.15) is 11.3 Å². The van der Waals surface area contributed by atoms with Crippen LogP contribution in [0.3, 0.4) is 0 Å². The lowest BCUT2D eigenvalue weighted by Crippen LogP contribution is -2.33. The molecule has 0 spiro atoms. The SMILES string of the molecule is COC(=O)c1ccccc1NNC(=O)[C@H](C)c1cc2ccccc2o1. The van der Waals surface area contributed by atoms with Gasteiger partial charge in [0.2, 0.25) is 5.91 Å². The second kappa shape index (κ2) is 7.09. The zero-order valence-electron chi connectivity index (χ0n) is 13.9. The van der Waals surface area contributed by atoms with Crippen LogP contribution in [0, 0.1) is 0 Å². The molecule has 0 saturated heterocycles. The van der Waals surface area contributed by atoms with Crippen molar-refractivity contribution < 1.29 is 18.7 Å². The number of ether oxygens (including phenoxy) is 1. The molecular formula is C19H18N2O4. The van der Waals surface area contributed by atoms with Crippen molar-refractivity contribution in [2.45, 2.75) is 12.8 Å². The lowest BCUT2D eigenvalue weighted by Gasteiger charge is -2.14. The van der Waals surface area contributed by atoms with Gasteiger partial charge in [-0.1, -0.05) is 30.3 Å². The standard InChI is InChI=1S/C19H18N2O4/c1-12(17-11-13-7-3-6-10-16(13)25-17)18(22)21-20-15-9-5-4-8-14(15)19(23)24-2/h3-12,20H,1-2H3,(H,21,22)/t12-/m1/s1. The number of amides is 1. The molecule has 0 bridgehead atoms. The molecule has 3 aromatic rings. The van der Waals surface area contributed by atoms with Gasteiger partial charge in [0.05, 0.1) is 24.3 Å². The monoisotopic (exact) mass is 338 g/mol. The Hall–Kier alpha value is -3.28. The summed E-state index contributed by atoms with van der Waals surface area (Å²) in [4.78, 5) is 24.1. The second-order valence-electron chi connectivity index (χ2n) is 5.56. The number of fused-ring (bicyclic) bond motifs is 1. The van der Waals surface area contributed by atoms with Crippen LogP contribution in [0.4, 0.5) is 5.69 Å². The van der Waals surface area contributed by atoms with Gasteiger partial charge in [0.25, 0.3) is 0 Å². The number of furan rings is 1. The minimum Gasteiger partial charge on any atom is -0.465 e. The molecule has 6 nitrogen and oxygen atoms in total. The van der Waals surface area contributed by atoms with Gasteiger partial charge in [-0.2, -0.15) is 0 Å². The molecule has 0 saturated carbocycles. The van der Waals surface area contributed by atoms with Crippen molar-refractivity contribution in [2.75, 3.05) is 12.5 Å². The lowest BCUT2D eigenvalue weighted by atomic mass is 10.1. The minimum atomic E-state index is -0.495. The van der Waals surface area contributed by atoms with Crippen molar-refractivity contribution in [1.82, 2.24) is 5.43 Å². The van der Waals surface area contributed by atoms with Crippen LogP contribution in [0.25, 0.3) is 11.0 Å². The Morgan fingerprint density at radius 2 is 1.80 bits per heavy atom. The van der Waals surface area contributed by atoms with Crippen LogP contribution < -0.4 is 10.9 Å². The Morgan fingerprint density at radius 3 is 2.56 bits per heavy atom. The highest BCUT2D eigenvalue weighted by molar-refractivity contribution is 5.96. The van der Waals surface area contributed by atoms with Crippen LogP contribution in [0.1, 0.15) is 29.0 Å². The van der Waals surface area contributed by atoms with Gasteiger partial charge < -0.3 is 9.15 Å². The second-order valence-corrected chi connectivity index (χ2v) is 5.56. The first kappa shape index (κ1) is 16.6. The summed E-state index contributed by atoms with van der Waals surface area (Å²) in [6.07, 6.45) is 0. The van der Waals surface area contributed by atoms with Crippen LogP contribution in [-0.4, -0.2) is 19.0 Å². The van der Waals surface area contributed by atoms with Gasteiger partial charge in [0, 0.05) is 5.39 Å². The molecule has 0 aliphatic heterocycles. The van der Waals surface area contributed by atoms with Crippen molar-refractivity contribution in [1.29, 1.82) is 0 Å². The highest BCUT2D eigenvalue weighted by Crippen LogP contribution is 2.25. The number of esters is 1. The fraction of sp³-hybridized carbons (Fsp3) is 0.158. The topological polar surface area (TPSA) is 80.6 Å². The maximum absolute atomic E-state index is 12.4. The third-order valence-electron chi connectivity index (χ3n) is 3.92. The quantitative estimate of drug-likeness (QED) is 0.550. The Labute approximate surface area is 144 Å². The molecule has 0 radical (unpaired) electrons. The van der Waals surface area contributed by atoms with Crippen LogP contribution >= 0.6 is 0 Å². The van der Waals surface area contributed by atoms with Crippen molar-refractivity contribution in [3.05, 3.63) is 65.9 Å². The number of anilines is 1. The Kier molecular flexibility index (Phi) is 4.70. The van der Waals surface area contributed by atoms with E-state index >= 15 is 0 Å². The van der Waals surface area contributed by atoms with E-state index in [-0.39, 0.29) is 5.91 Å². The first-order valence-electron chi connectivity index (χ1n) is 7.82. The summed E-state index contributed by atoms with van der Waals surface area (Å²) in [5, 5.41) is 0.946. The number of benzene rings is 2. The van der Waals surface area contributed by atoms with Crippen LogP contribution in [0.15, 0.2) is 59.0 Å².